The molecule has 0 bridgehead atoms. The van der Waals surface area contributed by atoms with Gasteiger partial charge in [-0.05, 0) is 141 Å². The van der Waals surface area contributed by atoms with E-state index in [-0.39, 0.29) is 60.7 Å². The average Bonchev–Trinajstić information content (AvgIpc) is 3.12. The van der Waals surface area contributed by atoms with Crippen molar-refractivity contribution in [2.45, 2.75) is 88.6 Å². The molecule has 276 valence electrons. The lowest BCUT2D eigenvalue weighted by Gasteiger charge is -2.31. The summed E-state index contributed by atoms with van der Waals surface area (Å²) in [5.74, 6) is -1.31. The van der Waals surface area contributed by atoms with E-state index in [0.29, 0.717) is 46.2 Å². The van der Waals surface area contributed by atoms with Crippen molar-refractivity contribution < 1.29 is 38.8 Å². The minimum Gasteiger partial charge on any atom is -0.390 e. The Balaban J connectivity index is 0.000000201. The Morgan fingerprint density at radius 3 is 1.40 bits per heavy atom. The second kappa shape index (κ2) is 19.0. The number of halogens is 4. The van der Waals surface area contributed by atoms with Crippen LogP contribution in [-0.4, -0.2) is 66.4 Å². The second-order valence-corrected chi connectivity index (χ2v) is 16.1. The molecule has 6 atom stereocenters. The first-order valence-corrected chi connectivity index (χ1v) is 19.6. The molecule has 12 heteroatoms. The molecule has 0 aliphatic heterocycles. The van der Waals surface area contributed by atoms with Crippen molar-refractivity contribution in [2.24, 2.45) is 11.8 Å². The molecule has 8 nitrogen and oxygen atoms in total. The quantitative estimate of drug-likeness (QED) is 0.0984. The minimum absolute atomic E-state index is 0.105. The highest BCUT2D eigenvalue weighted by Gasteiger charge is 2.33. The number of hydrogen-bond donors (Lipinski definition) is 4. The van der Waals surface area contributed by atoms with Crippen LogP contribution in [0.3, 0.4) is 0 Å². The maximum atomic E-state index is 14.2. The van der Waals surface area contributed by atoms with Gasteiger partial charge in [-0.3, -0.25) is 19.6 Å². The molecular weight excluding hydrogens is 896 g/mol. The summed E-state index contributed by atoms with van der Waals surface area (Å²) in [4.78, 5) is 33.8. The summed E-state index contributed by atoms with van der Waals surface area (Å²) in [7, 11) is 0. The first-order chi connectivity index (χ1) is 24.9. The number of Topliss-reactive ketones (excluding diaryl/α,β-unsaturated/α-hetero) is 2. The Bertz CT molecular complexity index is 1730. The molecule has 4 aromatic rings. The van der Waals surface area contributed by atoms with Gasteiger partial charge in [0.1, 0.15) is 11.6 Å². The summed E-state index contributed by atoms with van der Waals surface area (Å²) in [5.41, 5.74) is 3.38. The number of hydrogen-bond acceptors (Lipinski definition) is 8. The van der Waals surface area contributed by atoms with E-state index >= 15 is 0 Å². The Hall–Kier alpha value is -2.76. The van der Waals surface area contributed by atoms with Crippen molar-refractivity contribution in [1.82, 2.24) is 9.97 Å². The van der Waals surface area contributed by atoms with Gasteiger partial charge < -0.3 is 20.4 Å². The Morgan fingerprint density at radius 2 is 1.02 bits per heavy atom. The molecular formula is C40H42F2I2N2O6. The maximum Gasteiger partial charge on any atom is 0.163 e. The molecule has 52 heavy (non-hydrogen) atoms. The Kier molecular flexibility index (Phi) is 14.8. The van der Waals surface area contributed by atoms with Crippen LogP contribution in [0.15, 0.2) is 73.3 Å². The van der Waals surface area contributed by atoms with E-state index in [2.05, 4.69) is 55.1 Å². The largest absolute Gasteiger partial charge is 0.390 e. The molecule has 2 heterocycles. The van der Waals surface area contributed by atoms with Gasteiger partial charge in [0, 0.05) is 68.7 Å². The van der Waals surface area contributed by atoms with Gasteiger partial charge in [-0.1, -0.05) is 25.0 Å². The van der Waals surface area contributed by atoms with Crippen LogP contribution in [0.5, 0.6) is 0 Å². The molecule has 2 aromatic heterocycles. The summed E-state index contributed by atoms with van der Waals surface area (Å²) >= 11 is 4.11. The molecule has 0 amide bonds. The fourth-order valence-electron chi connectivity index (χ4n) is 7.05. The van der Waals surface area contributed by atoms with E-state index in [1.165, 1.54) is 12.1 Å². The zero-order valence-corrected chi connectivity index (χ0v) is 32.8. The molecule has 0 spiro atoms. The van der Waals surface area contributed by atoms with E-state index in [9.17, 15) is 38.8 Å². The van der Waals surface area contributed by atoms with E-state index in [0.717, 1.165) is 32.8 Å². The van der Waals surface area contributed by atoms with E-state index in [4.69, 9.17) is 0 Å². The summed E-state index contributed by atoms with van der Waals surface area (Å²) in [5, 5.41) is 39.9. The lowest BCUT2D eigenvalue weighted by atomic mass is 9.80. The van der Waals surface area contributed by atoms with Gasteiger partial charge in [-0.25, -0.2) is 8.78 Å². The SMILES string of the molecule is O=C(C[C@@H]1CCC[C@@H](O)[C@H]1O)c1ccncc1Cc1ccc(I)cc1F.O=C(C[C@H]1CCC[C@H](O)[C@@H]1O)c1ccncc1Cc1ccc(I)cc1F. The Labute approximate surface area is 329 Å². The zero-order chi connectivity index (χ0) is 37.4. The average molecular weight is 939 g/mol. The topological polar surface area (TPSA) is 141 Å². The minimum atomic E-state index is -0.869. The van der Waals surface area contributed by atoms with Crippen molar-refractivity contribution in [3.63, 3.8) is 0 Å². The van der Waals surface area contributed by atoms with E-state index < -0.39 is 24.4 Å². The van der Waals surface area contributed by atoms with Crippen LogP contribution >= 0.6 is 45.2 Å². The molecule has 6 rings (SSSR count). The number of carbonyl (C=O) groups excluding carboxylic acids is 2. The number of aromatic nitrogens is 2. The molecule has 2 fully saturated rings. The summed E-state index contributed by atoms with van der Waals surface area (Å²) in [6, 6.07) is 13.3. The van der Waals surface area contributed by atoms with Gasteiger partial charge in [0.15, 0.2) is 11.6 Å². The van der Waals surface area contributed by atoms with Crippen LogP contribution in [0.2, 0.25) is 0 Å². The lowest BCUT2D eigenvalue weighted by molar-refractivity contribution is -0.0445. The summed E-state index contributed by atoms with van der Waals surface area (Å²) in [6.07, 6.45) is 8.10. The molecule has 4 N–H and O–H groups in total. The highest BCUT2D eigenvalue weighted by molar-refractivity contribution is 14.1. The third-order valence-electron chi connectivity index (χ3n) is 10.00. The van der Waals surface area contributed by atoms with Gasteiger partial charge in [0.25, 0.3) is 0 Å². The lowest BCUT2D eigenvalue weighted by Crippen LogP contribution is -2.38. The fraction of sp³-hybridized carbons (Fsp3) is 0.400. The predicted octanol–water partition coefficient (Wildman–Crippen LogP) is 7.02. The van der Waals surface area contributed by atoms with Crippen LogP contribution in [0.25, 0.3) is 0 Å². The highest BCUT2D eigenvalue weighted by Crippen LogP contribution is 2.31. The van der Waals surface area contributed by atoms with Crippen molar-refractivity contribution in [1.29, 1.82) is 0 Å². The zero-order valence-electron chi connectivity index (χ0n) is 28.5. The van der Waals surface area contributed by atoms with Gasteiger partial charge in [-0.15, -0.1) is 0 Å². The molecule has 0 radical (unpaired) electrons. The number of rotatable bonds is 10. The summed E-state index contributed by atoms with van der Waals surface area (Å²) in [6.45, 7) is 0. The number of nitrogens with zero attached hydrogens (tertiary/aromatic N) is 2. The van der Waals surface area contributed by atoms with Crippen molar-refractivity contribution in [3.8, 4) is 0 Å². The van der Waals surface area contributed by atoms with Crippen LogP contribution in [-0.2, 0) is 12.8 Å². The number of benzene rings is 2. The van der Waals surface area contributed by atoms with Crippen LogP contribution in [0.1, 0.15) is 94.3 Å². The Morgan fingerprint density at radius 1 is 0.615 bits per heavy atom. The number of carbonyl (C=O) groups is 2. The van der Waals surface area contributed by atoms with Gasteiger partial charge in [0.05, 0.1) is 24.4 Å². The molecule has 2 saturated carbocycles. The normalized spacial score (nSPS) is 23.0. The molecule has 0 unspecified atom stereocenters. The molecule has 2 aromatic carbocycles. The number of ketones is 2. The first-order valence-electron chi connectivity index (χ1n) is 17.4. The van der Waals surface area contributed by atoms with Gasteiger partial charge in [0.2, 0.25) is 0 Å². The monoisotopic (exact) mass is 938 g/mol. The molecule has 2 aliphatic carbocycles. The van der Waals surface area contributed by atoms with Crippen molar-refractivity contribution in [3.05, 3.63) is 125 Å². The van der Waals surface area contributed by atoms with E-state index in [1.807, 2.05) is 12.1 Å². The van der Waals surface area contributed by atoms with Crippen molar-refractivity contribution in [2.75, 3.05) is 0 Å². The standard InChI is InChI=1S/2C20H21FINO3/c2*21-17-10-15(22)5-4-12(17)8-14-11-23-7-6-16(14)19(25)9-13-2-1-3-18(24)20(13)26/h2*4-7,10-11,13,18,20,24,26H,1-3,8-9H2/t2*13-,18+,20-/m10/s1. The molecule has 0 saturated heterocycles. The molecule has 2 aliphatic rings. The third-order valence-corrected chi connectivity index (χ3v) is 11.3. The maximum absolute atomic E-state index is 14.2. The summed E-state index contributed by atoms with van der Waals surface area (Å²) < 4.78 is 30.0. The van der Waals surface area contributed by atoms with Crippen molar-refractivity contribution >= 4 is 56.7 Å². The number of pyridine rings is 2. The fourth-order valence-corrected chi connectivity index (χ4v) is 7.96. The third kappa shape index (κ3) is 10.7. The first kappa shape index (κ1) is 40.4. The number of aliphatic hydroxyl groups excluding tert-OH is 4. The van der Waals surface area contributed by atoms with Gasteiger partial charge >= 0.3 is 0 Å². The van der Waals surface area contributed by atoms with Crippen LogP contribution < -0.4 is 0 Å². The smallest absolute Gasteiger partial charge is 0.163 e. The van der Waals surface area contributed by atoms with Crippen LogP contribution in [0, 0.1) is 30.6 Å². The van der Waals surface area contributed by atoms with E-state index in [1.54, 1.807) is 49.1 Å². The predicted molar refractivity (Wildman–Crippen MR) is 209 cm³/mol. The number of aliphatic hydroxyl groups is 4. The van der Waals surface area contributed by atoms with Crippen LogP contribution in [0.4, 0.5) is 8.78 Å². The highest BCUT2D eigenvalue weighted by atomic mass is 127. The second-order valence-electron chi connectivity index (χ2n) is 13.6. The van der Waals surface area contributed by atoms with Gasteiger partial charge in [-0.2, -0.15) is 0 Å².